The molecule has 2 aromatic rings. The number of imidazole rings is 1. The first-order chi connectivity index (χ1) is 7.18. The Morgan fingerprint density at radius 1 is 1.47 bits per heavy atom. The summed E-state index contributed by atoms with van der Waals surface area (Å²) in [5.41, 5.74) is 6.62. The fraction of sp³-hybridized carbons (Fsp3) is 0. The zero-order valence-electron chi connectivity index (χ0n) is 7.77. The molecule has 0 spiro atoms. The van der Waals surface area contributed by atoms with E-state index in [-0.39, 0.29) is 5.56 Å². The highest BCUT2D eigenvalue weighted by atomic mass is 16.4. The Morgan fingerprint density at radius 2 is 2.27 bits per heavy atom. The van der Waals surface area contributed by atoms with Gasteiger partial charge >= 0.3 is 5.97 Å². The molecule has 0 aliphatic heterocycles. The lowest BCUT2D eigenvalue weighted by atomic mass is 10.1. The minimum Gasteiger partial charge on any atom is -0.478 e. The van der Waals surface area contributed by atoms with Crippen molar-refractivity contribution in [1.29, 1.82) is 0 Å². The number of nitrogens with zero attached hydrogens (tertiary/aromatic N) is 1. The summed E-state index contributed by atoms with van der Waals surface area (Å²) in [6.45, 7) is 0. The van der Waals surface area contributed by atoms with Gasteiger partial charge in [0.1, 0.15) is 5.82 Å². The average Bonchev–Trinajstić information content (AvgIpc) is 2.70. The van der Waals surface area contributed by atoms with Gasteiger partial charge in [-0.05, 0) is 18.2 Å². The highest BCUT2D eigenvalue weighted by Crippen LogP contribution is 2.22. The third kappa shape index (κ3) is 1.67. The summed E-state index contributed by atoms with van der Waals surface area (Å²) in [6.07, 6.45) is 3.20. The maximum absolute atomic E-state index is 11.0. The first-order valence-electron chi connectivity index (χ1n) is 4.31. The van der Waals surface area contributed by atoms with Crippen LogP contribution in [0.1, 0.15) is 10.4 Å². The fourth-order valence-electron chi connectivity index (χ4n) is 1.36. The molecule has 0 amide bonds. The fourth-order valence-corrected chi connectivity index (χ4v) is 1.36. The van der Waals surface area contributed by atoms with Gasteiger partial charge in [-0.2, -0.15) is 0 Å². The van der Waals surface area contributed by atoms with E-state index in [0.717, 1.165) is 0 Å². The van der Waals surface area contributed by atoms with Crippen LogP contribution in [-0.4, -0.2) is 21.0 Å². The number of hydrogen-bond acceptors (Lipinski definition) is 3. The van der Waals surface area contributed by atoms with E-state index in [1.165, 1.54) is 6.07 Å². The van der Waals surface area contributed by atoms with Gasteiger partial charge in [-0.15, -0.1) is 0 Å². The van der Waals surface area contributed by atoms with Crippen LogP contribution in [0.2, 0.25) is 0 Å². The lowest BCUT2D eigenvalue weighted by Gasteiger charge is -2.03. The van der Waals surface area contributed by atoms with Crippen LogP contribution in [0.3, 0.4) is 0 Å². The lowest BCUT2D eigenvalue weighted by Crippen LogP contribution is -2.01. The van der Waals surface area contributed by atoms with Crippen molar-refractivity contribution >= 4 is 11.7 Å². The highest BCUT2D eigenvalue weighted by Gasteiger charge is 2.13. The molecule has 0 fully saturated rings. The number of aromatic nitrogens is 2. The van der Waals surface area contributed by atoms with Crippen LogP contribution in [-0.2, 0) is 0 Å². The number of nitrogen functional groups attached to an aromatic ring is 1. The molecule has 0 atom stereocenters. The standard InChI is InChI=1S/C10H9N3O2/c11-6-1-2-7(8(5-6)10(14)15)9-12-3-4-13-9/h1-5H,11H2,(H,12,13)(H,14,15). The third-order valence-electron chi connectivity index (χ3n) is 2.03. The van der Waals surface area contributed by atoms with Crippen LogP contribution < -0.4 is 5.73 Å². The second-order valence-electron chi connectivity index (χ2n) is 3.05. The molecule has 1 aromatic carbocycles. The Labute approximate surface area is 85.6 Å². The number of aromatic amines is 1. The van der Waals surface area contributed by atoms with Crippen molar-refractivity contribution in [3.8, 4) is 11.4 Å². The number of aromatic carboxylic acids is 1. The molecule has 0 saturated heterocycles. The van der Waals surface area contributed by atoms with Crippen LogP contribution >= 0.6 is 0 Å². The normalized spacial score (nSPS) is 10.1. The van der Waals surface area contributed by atoms with Crippen molar-refractivity contribution in [1.82, 2.24) is 9.97 Å². The quantitative estimate of drug-likeness (QED) is 0.642. The maximum atomic E-state index is 11.0. The Bertz CT molecular complexity index is 491. The number of carbonyl (C=O) groups is 1. The van der Waals surface area contributed by atoms with E-state index < -0.39 is 5.97 Å². The molecule has 5 heteroatoms. The summed E-state index contributed by atoms with van der Waals surface area (Å²) in [6, 6.07) is 4.70. The molecule has 15 heavy (non-hydrogen) atoms. The minimum atomic E-state index is -1.02. The number of H-pyrrole nitrogens is 1. The van der Waals surface area contributed by atoms with Gasteiger partial charge < -0.3 is 15.8 Å². The van der Waals surface area contributed by atoms with E-state index in [4.69, 9.17) is 10.8 Å². The molecule has 0 aliphatic carbocycles. The summed E-state index contributed by atoms with van der Waals surface area (Å²) >= 11 is 0. The van der Waals surface area contributed by atoms with Gasteiger partial charge in [0.15, 0.2) is 0 Å². The molecule has 2 rings (SSSR count). The molecular weight excluding hydrogens is 194 g/mol. The third-order valence-corrected chi connectivity index (χ3v) is 2.03. The SMILES string of the molecule is Nc1ccc(-c2ncc[nH]2)c(C(=O)O)c1. The Morgan fingerprint density at radius 3 is 2.87 bits per heavy atom. The molecule has 0 bridgehead atoms. The number of benzene rings is 1. The predicted molar refractivity (Wildman–Crippen MR) is 55.4 cm³/mol. The summed E-state index contributed by atoms with van der Waals surface area (Å²) in [4.78, 5) is 17.8. The Hall–Kier alpha value is -2.30. The summed E-state index contributed by atoms with van der Waals surface area (Å²) < 4.78 is 0. The monoisotopic (exact) mass is 203 g/mol. The zero-order valence-corrected chi connectivity index (χ0v) is 7.77. The molecule has 0 saturated carbocycles. The minimum absolute atomic E-state index is 0.143. The first-order valence-corrected chi connectivity index (χ1v) is 4.31. The summed E-state index contributed by atoms with van der Waals surface area (Å²) in [7, 11) is 0. The van der Waals surface area contributed by atoms with E-state index in [1.54, 1.807) is 24.5 Å². The van der Waals surface area contributed by atoms with E-state index in [0.29, 0.717) is 17.1 Å². The van der Waals surface area contributed by atoms with Crippen molar-refractivity contribution in [2.45, 2.75) is 0 Å². The Kier molecular flexibility index (Phi) is 2.13. The highest BCUT2D eigenvalue weighted by molar-refractivity contribution is 5.96. The van der Waals surface area contributed by atoms with E-state index in [1.807, 2.05) is 0 Å². The molecule has 0 aliphatic rings. The van der Waals surface area contributed by atoms with Gasteiger partial charge in [-0.1, -0.05) is 0 Å². The number of nitrogens with two attached hydrogens (primary N) is 1. The molecule has 76 valence electrons. The number of carboxylic acid groups (broad SMARTS) is 1. The number of anilines is 1. The van der Waals surface area contributed by atoms with Crippen molar-refractivity contribution in [2.75, 3.05) is 5.73 Å². The topological polar surface area (TPSA) is 92.0 Å². The summed E-state index contributed by atoms with van der Waals surface area (Å²) in [5, 5.41) is 8.99. The van der Waals surface area contributed by atoms with Gasteiger partial charge in [0.05, 0.1) is 5.56 Å². The smallest absolute Gasteiger partial charge is 0.336 e. The predicted octanol–water partition coefficient (Wildman–Crippen LogP) is 1.36. The van der Waals surface area contributed by atoms with E-state index >= 15 is 0 Å². The molecule has 0 unspecified atom stereocenters. The molecule has 1 heterocycles. The number of carboxylic acids is 1. The zero-order chi connectivity index (χ0) is 10.8. The van der Waals surface area contributed by atoms with Gasteiger partial charge in [-0.3, -0.25) is 0 Å². The van der Waals surface area contributed by atoms with E-state index in [2.05, 4.69) is 9.97 Å². The van der Waals surface area contributed by atoms with Crippen LogP contribution in [0.5, 0.6) is 0 Å². The summed E-state index contributed by atoms with van der Waals surface area (Å²) in [5.74, 6) is -0.499. The van der Waals surface area contributed by atoms with Crippen LogP contribution in [0, 0.1) is 0 Å². The average molecular weight is 203 g/mol. The lowest BCUT2D eigenvalue weighted by molar-refractivity contribution is 0.0697. The number of nitrogens with one attached hydrogen (secondary N) is 1. The van der Waals surface area contributed by atoms with Crippen LogP contribution in [0.15, 0.2) is 30.6 Å². The first kappa shape index (κ1) is 9.26. The second-order valence-corrected chi connectivity index (χ2v) is 3.05. The Balaban J connectivity index is 2.61. The van der Waals surface area contributed by atoms with Gasteiger partial charge in [0.25, 0.3) is 0 Å². The van der Waals surface area contributed by atoms with Crippen molar-refractivity contribution < 1.29 is 9.90 Å². The van der Waals surface area contributed by atoms with Crippen molar-refractivity contribution in [3.63, 3.8) is 0 Å². The van der Waals surface area contributed by atoms with E-state index in [9.17, 15) is 4.79 Å². The number of hydrogen-bond donors (Lipinski definition) is 3. The molecular formula is C10H9N3O2. The van der Waals surface area contributed by atoms with Crippen molar-refractivity contribution in [3.05, 3.63) is 36.2 Å². The maximum Gasteiger partial charge on any atom is 0.336 e. The molecule has 5 nitrogen and oxygen atoms in total. The number of rotatable bonds is 2. The second kappa shape index (κ2) is 3.45. The van der Waals surface area contributed by atoms with Crippen LogP contribution in [0.25, 0.3) is 11.4 Å². The van der Waals surface area contributed by atoms with Gasteiger partial charge in [0, 0.05) is 23.6 Å². The molecule has 4 N–H and O–H groups in total. The van der Waals surface area contributed by atoms with Crippen molar-refractivity contribution in [2.24, 2.45) is 0 Å². The largest absolute Gasteiger partial charge is 0.478 e. The molecule has 1 aromatic heterocycles. The van der Waals surface area contributed by atoms with Gasteiger partial charge in [-0.25, -0.2) is 9.78 Å². The molecule has 0 radical (unpaired) electrons. The van der Waals surface area contributed by atoms with Gasteiger partial charge in [0.2, 0.25) is 0 Å². The van der Waals surface area contributed by atoms with Crippen LogP contribution in [0.4, 0.5) is 5.69 Å².